The summed E-state index contributed by atoms with van der Waals surface area (Å²) < 4.78 is 5.14. The van der Waals surface area contributed by atoms with E-state index < -0.39 is 5.60 Å². The van der Waals surface area contributed by atoms with E-state index in [4.69, 9.17) is 4.74 Å². The molecule has 0 bridgehead atoms. The van der Waals surface area contributed by atoms with E-state index in [1.807, 2.05) is 52.0 Å². The summed E-state index contributed by atoms with van der Waals surface area (Å²) in [6.07, 6.45) is 6.09. The number of alkyl carbamates (subject to hydrolysis) is 1. The van der Waals surface area contributed by atoms with Crippen LogP contribution in [0.4, 0.5) is 4.79 Å². The number of carbonyl (C=O) groups is 1. The summed E-state index contributed by atoms with van der Waals surface area (Å²) in [5.74, 6) is 0. The summed E-state index contributed by atoms with van der Waals surface area (Å²) in [5, 5.41) is 2.71. The van der Waals surface area contributed by atoms with E-state index in [1.165, 1.54) is 0 Å². The fraction of sp³-hybridized carbons (Fsp3) is 0.467. The number of nitrogens with zero attached hydrogens (tertiary/aromatic N) is 1. The Bertz CT molecular complexity index is 448. The predicted octanol–water partition coefficient (Wildman–Crippen LogP) is 3.32. The molecule has 0 aromatic carbocycles. The molecule has 1 amide bonds. The fourth-order valence-electron chi connectivity index (χ4n) is 1.44. The molecule has 0 fully saturated rings. The van der Waals surface area contributed by atoms with Crippen molar-refractivity contribution in [2.45, 2.75) is 39.7 Å². The lowest BCUT2D eigenvalue weighted by Gasteiger charge is -2.19. The van der Waals surface area contributed by atoms with Gasteiger partial charge >= 0.3 is 6.09 Å². The molecule has 4 heteroatoms. The highest BCUT2D eigenvalue weighted by Gasteiger charge is 2.15. The van der Waals surface area contributed by atoms with Crippen molar-refractivity contribution in [2.75, 3.05) is 6.54 Å². The standard InChI is InChI=1S/C15H22N2O2/c1-12-8-7-11-16-13(12)9-5-6-10-17-14(18)19-15(2,3)4/h5,7-9,11H,6,10H2,1-4H3,(H,17,18). The summed E-state index contributed by atoms with van der Waals surface area (Å²) in [6.45, 7) is 8.10. The zero-order chi connectivity index (χ0) is 14.3. The summed E-state index contributed by atoms with van der Waals surface area (Å²) in [6, 6.07) is 3.93. The van der Waals surface area contributed by atoms with Crippen molar-refractivity contribution in [1.82, 2.24) is 10.3 Å². The summed E-state index contributed by atoms with van der Waals surface area (Å²) in [5.41, 5.74) is 1.64. The number of ether oxygens (including phenoxy) is 1. The van der Waals surface area contributed by atoms with E-state index in [1.54, 1.807) is 6.20 Å². The lowest BCUT2D eigenvalue weighted by molar-refractivity contribution is 0.0529. The number of aryl methyl sites for hydroxylation is 1. The number of carbonyl (C=O) groups excluding carboxylic acids is 1. The molecular weight excluding hydrogens is 240 g/mol. The third-order valence-electron chi connectivity index (χ3n) is 2.30. The summed E-state index contributed by atoms with van der Waals surface area (Å²) in [4.78, 5) is 15.6. The quantitative estimate of drug-likeness (QED) is 0.847. The first-order valence-electron chi connectivity index (χ1n) is 6.43. The monoisotopic (exact) mass is 262 g/mol. The van der Waals surface area contributed by atoms with Gasteiger partial charge in [0.15, 0.2) is 0 Å². The van der Waals surface area contributed by atoms with E-state index in [0.29, 0.717) is 6.54 Å². The lowest BCUT2D eigenvalue weighted by Crippen LogP contribution is -2.32. The van der Waals surface area contributed by atoms with Gasteiger partial charge in [-0.15, -0.1) is 0 Å². The van der Waals surface area contributed by atoms with Crippen LogP contribution in [0.1, 0.15) is 38.4 Å². The molecule has 0 saturated carbocycles. The van der Waals surface area contributed by atoms with Crippen molar-refractivity contribution in [3.63, 3.8) is 0 Å². The van der Waals surface area contributed by atoms with E-state index >= 15 is 0 Å². The second-order valence-corrected chi connectivity index (χ2v) is 5.33. The van der Waals surface area contributed by atoms with Crippen LogP contribution in [0, 0.1) is 6.92 Å². The molecular formula is C15H22N2O2. The molecule has 1 heterocycles. The minimum absolute atomic E-state index is 0.380. The first kappa shape index (κ1) is 15.2. The van der Waals surface area contributed by atoms with E-state index in [0.717, 1.165) is 17.7 Å². The number of rotatable bonds is 4. The molecule has 0 unspecified atom stereocenters. The molecule has 19 heavy (non-hydrogen) atoms. The maximum absolute atomic E-state index is 11.4. The molecule has 0 aliphatic heterocycles. The van der Waals surface area contributed by atoms with E-state index in [2.05, 4.69) is 10.3 Å². The zero-order valence-electron chi connectivity index (χ0n) is 12.1. The average molecular weight is 262 g/mol. The highest BCUT2D eigenvalue weighted by molar-refractivity contribution is 5.67. The average Bonchev–Trinajstić information content (AvgIpc) is 2.28. The van der Waals surface area contributed by atoms with Gasteiger partial charge in [0.1, 0.15) is 5.60 Å². The van der Waals surface area contributed by atoms with Crippen molar-refractivity contribution in [1.29, 1.82) is 0 Å². The van der Waals surface area contributed by atoms with Crippen LogP contribution in [-0.4, -0.2) is 23.2 Å². The second kappa shape index (κ2) is 6.92. The van der Waals surface area contributed by atoms with Crippen molar-refractivity contribution < 1.29 is 9.53 Å². The number of amides is 1. The third kappa shape index (κ3) is 6.60. The van der Waals surface area contributed by atoms with Gasteiger partial charge in [-0.25, -0.2) is 4.79 Å². The number of hydrogen-bond donors (Lipinski definition) is 1. The summed E-state index contributed by atoms with van der Waals surface area (Å²) in [7, 11) is 0. The molecule has 0 aliphatic carbocycles. The van der Waals surface area contributed by atoms with Gasteiger partial charge < -0.3 is 10.1 Å². The number of hydrogen-bond acceptors (Lipinski definition) is 3. The molecule has 104 valence electrons. The Labute approximate surface area is 114 Å². The van der Waals surface area contributed by atoms with E-state index in [-0.39, 0.29) is 6.09 Å². The van der Waals surface area contributed by atoms with Crippen LogP contribution in [0.3, 0.4) is 0 Å². The largest absolute Gasteiger partial charge is 0.444 e. The smallest absolute Gasteiger partial charge is 0.407 e. The minimum Gasteiger partial charge on any atom is -0.444 e. The Morgan fingerprint density at radius 3 is 2.84 bits per heavy atom. The van der Waals surface area contributed by atoms with Gasteiger partial charge in [-0.2, -0.15) is 0 Å². The van der Waals surface area contributed by atoms with Gasteiger partial charge in [0.2, 0.25) is 0 Å². The molecule has 0 radical (unpaired) electrons. The van der Waals surface area contributed by atoms with Crippen LogP contribution in [-0.2, 0) is 4.74 Å². The molecule has 0 saturated heterocycles. The Morgan fingerprint density at radius 1 is 1.47 bits per heavy atom. The Hall–Kier alpha value is -1.84. The van der Waals surface area contributed by atoms with Gasteiger partial charge in [-0.3, -0.25) is 4.98 Å². The molecule has 1 aromatic rings. The number of aromatic nitrogens is 1. The maximum atomic E-state index is 11.4. The third-order valence-corrected chi connectivity index (χ3v) is 2.30. The van der Waals surface area contributed by atoms with Gasteiger partial charge in [-0.05, 0) is 51.8 Å². The van der Waals surface area contributed by atoms with Crippen molar-refractivity contribution in [2.24, 2.45) is 0 Å². The van der Waals surface area contributed by atoms with Gasteiger partial charge in [-0.1, -0.05) is 12.1 Å². The van der Waals surface area contributed by atoms with Crippen molar-refractivity contribution >= 4 is 12.2 Å². The van der Waals surface area contributed by atoms with Crippen molar-refractivity contribution in [3.8, 4) is 0 Å². The summed E-state index contributed by atoms with van der Waals surface area (Å²) >= 11 is 0. The van der Waals surface area contributed by atoms with Crippen LogP contribution in [0.25, 0.3) is 6.08 Å². The Kier molecular flexibility index (Phi) is 5.55. The van der Waals surface area contributed by atoms with Crippen molar-refractivity contribution in [3.05, 3.63) is 35.7 Å². The van der Waals surface area contributed by atoms with Crippen LogP contribution in [0.5, 0.6) is 0 Å². The van der Waals surface area contributed by atoms with Crippen LogP contribution in [0.15, 0.2) is 24.4 Å². The maximum Gasteiger partial charge on any atom is 0.407 e. The first-order chi connectivity index (χ1) is 8.88. The zero-order valence-corrected chi connectivity index (χ0v) is 12.1. The Morgan fingerprint density at radius 2 is 2.21 bits per heavy atom. The van der Waals surface area contributed by atoms with Crippen LogP contribution in [0.2, 0.25) is 0 Å². The molecule has 0 spiro atoms. The second-order valence-electron chi connectivity index (χ2n) is 5.33. The molecule has 4 nitrogen and oxygen atoms in total. The molecule has 0 aliphatic rings. The highest BCUT2D eigenvalue weighted by atomic mass is 16.6. The molecule has 1 rings (SSSR count). The van der Waals surface area contributed by atoms with Gasteiger partial charge in [0.25, 0.3) is 0 Å². The lowest BCUT2D eigenvalue weighted by atomic mass is 10.2. The SMILES string of the molecule is Cc1cccnc1C=CCCNC(=O)OC(C)(C)C. The first-order valence-corrected chi connectivity index (χ1v) is 6.43. The molecule has 0 atom stereocenters. The Balaban J connectivity index is 2.28. The number of pyridine rings is 1. The molecule has 1 aromatic heterocycles. The van der Waals surface area contributed by atoms with Gasteiger partial charge in [0.05, 0.1) is 5.69 Å². The van der Waals surface area contributed by atoms with Gasteiger partial charge in [0, 0.05) is 12.7 Å². The fourth-order valence-corrected chi connectivity index (χ4v) is 1.44. The van der Waals surface area contributed by atoms with Crippen LogP contribution >= 0.6 is 0 Å². The predicted molar refractivity (Wildman–Crippen MR) is 76.9 cm³/mol. The highest BCUT2D eigenvalue weighted by Crippen LogP contribution is 2.07. The minimum atomic E-state index is -0.453. The molecule has 1 N–H and O–H groups in total. The number of nitrogens with one attached hydrogen (secondary N) is 1. The van der Waals surface area contributed by atoms with E-state index in [9.17, 15) is 4.79 Å². The topological polar surface area (TPSA) is 51.2 Å². The van der Waals surface area contributed by atoms with Crippen LogP contribution < -0.4 is 5.32 Å². The normalized spacial score (nSPS) is 11.6.